The summed E-state index contributed by atoms with van der Waals surface area (Å²) in [6.45, 7) is 5.10. The normalized spacial score (nSPS) is 24.6. The molecule has 0 saturated carbocycles. The molecule has 1 N–H and O–H groups in total. The minimum absolute atomic E-state index is 0.181. The van der Waals surface area contributed by atoms with Gasteiger partial charge in [-0.15, -0.1) is 0 Å². The van der Waals surface area contributed by atoms with Gasteiger partial charge in [-0.25, -0.2) is 0 Å². The molecule has 2 aliphatic heterocycles. The number of piperidine rings is 2. The lowest BCUT2D eigenvalue weighted by Gasteiger charge is -2.48. The van der Waals surface area contributed by atoms with Gasteiger partial charge in [-0.05, 0) is 43.9 Å². The molecule has 1 atom stereocenters. The summed E-state index contributed by atoms with van der Waals surface area (Å²) in [6, 6.07) is 12.6. The van der Waals surface area contributed by atoms with Crippen molar-refractivity contribution in [1.82, 2.24) is 14.8 Å². The van der Waals surface area contributed by atoms with Gasteiger partial charge in [0.15, 0.2) is 0 Å². The average Bonchev–Trinajstić information content (AvgIpc) is 3.17. The second kappa shape index (κ2) is 7.04. The number of aromatic amines is 1. The maximum absolute atomic E-state index is 12.8. The van der Waals surface area contributed by atoms with Crippen LogP contribution in [0.2, 0.25) is 0 Å². The molecule has 132 valence electrons. The molecule has 4 nitrogen and oxygen atoms in total. The zero-order valence-electron chi connectivity index (χ0n) is 14.8. The zero-order valence-corrected chi connectivity index (χ0v) is 14.8. The predicted octanol–water partition coefficient (Wildman–Crippen LogP) is 3.53. The van der Waals surface area contributed by atoms with Crippen LogP contribution in [0.1, 0.15) is 41.6 Å². The van der Waals surface area contributed by atoms with Crippen molar-refractivity contribution >= 4 is 5.91 Å². The van der Waals surface area contributed by atoms with Crippen LogP contribution in [-0.4, -0.2) is 46.9 Å². The quantitative estimate of drug-likeness (QED) is 0.930. The van der Waals surface area contributed by atoms with E-state index < -0.39 is 0 Å². The van der Waals surface area contributed by atoms with Crippen molar-refractivity contribution in [3.05, 3.63) is 59.9 Å². The molecule has 0 aliphatic carbocycles. The Balaban J connectivity index is 1.44. The Morgan fingerprint density at radius 1 is 1.04 bits per heavy atom. The molecule has 25 heavy (non-hydrogen) atoms. The lowest BCUT2D eigenvalue weighted by Crippen LogP contribution is -2.53. The number of H-pyrrole nitrogens is 1. The lowest BCUT2D eigenvalue weighted by molar-refractivity contribution is 0.0113. The number of likely N-dealkylation sites (tertiary alicyclic amines) is 2. The SMILES string of the molecule is O=C(c1cc[nH]c1)N1CCCC2(CCCN(Cc3ccccc3)C2)C1. The maximum Gasteiger partial charge on any atom is 0.255 e. The van der Waals surface area contributed by atoms with E-state index >= 15 is 0 Å². The van der Waals surface area contributed by atoms with E-state index in [1.54, 1.807) is 0 Å². The van der Waals surface area contributed by atoms with Crippen LogP contribution in [0.15, 0.2) is 48.8 Å². The first kappa shape index (κ1) is 16.4. The summed E-state index contributed by atoms with van der Waals surface area (Å²) in [5.74, 6) is 0.181. The van der Waals surface area contributed by atoms with Gasteiger partial charge in [-0.2, -0.15) is 0 Å². The van der Waals surface area contributed by atoms with Crippen molar-refractivity contribution in [2.45, 2.75) is 32.2 Å². The standard InChI is InChI=1S/C21H27N3O/c25-20(19-8-11-22-14-19)24-13-5-10-21(17-24)9-4-12-23(16-21)15-18-6-2-1-3-7-18/h1-3,6-8,11,14,22H,4-5,9-10,12-13,15-17H2. The Hall–Kier alpha value is -2.07. The molecule has 4 heteroatoms. The summed E-state index contributed by atoms with van der Waals surface area (Å²) in [6.07, 6.45) is 8.49. The third kappa shape index (κ3) is 3.64. The number of nitrogens with one attached hydrogen (secondary N) is 1. The number of carbonyl (C=O) groups is 1. The van der Waals surface area contributed by atoms with Crippen LogP contribution in [0.25, 0.3) is 0 Å². The first-order valence-electron chi connectivity index (χ1n) is 9.43. The Bertz CT molecular complexity index is 693. The second-order valence-electron chi connectivity index (χ2n) is 7.73. The maximum atomic E-state index is 12.8. The molecule has 2 aliphatic rings. The first-order chi connectivity index (χ1) is 12.2. The van der Waals surface area contributed by atoms with Gasteiger partial charge in [-0.1, -0.05) is 30.3 Å². The van der Waals surface area contributed by atoms with Crippen LogP contribution in [0.5, 0.6) is 0 Å². The molecule has 1 amide bonds. The summed E-state index contributed by atoms with van der Waals surface area (Å²) in [5.41, 5.74) is 2.45. The number of hydrogen-bond acceptors (Lipinski definition) is 2. The van der Waals surface area contributed by atoms with E-state index in [-0.39, 0.29) is 11.3 Å². The third-order valence-corrected chi connectivity index (χ3v) is 5.78. The van der Waals surface area contributed by atoms with Gasteiger partial charge < -0.3 is 9.88 Å². The molecule has 3 heterocycles. The van der Waals surface area contributed by atoms with Gasteiger partial charge in [0, 0.05) is 44.0 Å². The van der Waals surface area contributed by atoms with Crippen molar-refractivity contribution in [2.24, 2.45) is 5.41 Å². The molecule has 0 bridgehead atoms. The number of nitrogens with zero attached hydrogens (tertiary/aromatic N) is 2. The fourth-order valence-corrected chi connectivity index (χ4v) is 4.64. The summed E-state index contributed by atoms with van der Waals surface area (Å²) < 4.78 is 0. The van der Waals surface area contributed by atoms with Crippen molar-refractivity contribution < 1.29 is 4.79 Å². The molecule has 2 aromatic rings. The lowest BCUT2D eigenvalue weighted by atomic mass is 9.73. The minimum atomic E-state index is 0.181. The molecular formula is C21H27N3O. The van der Waals surface area contributed by atoms with Crippen molar-refractivity contribution in [3.63, 3.8) is 0 Å². The topological polar surface area (TPSA) is 39.3 Å². The minimum Gasteiger partial charge on any atom is -0.367 e. The van der Waals surface area contributed by atoms with Gasteiger partial charge in [0.1, 0.15) is 0 Å². The van der Waals surface area contributed by atoms with E-state index in [9.17, 15) is 4.79 Å². The molecule has 4 rings (SSSR count). The summed E-state index contributed by atoms with van der Waals surface area (Å²) in [5, 5.41) is 0. The van der Waals surface area contributed by atoms with E-state index in [1.807, 2.05) is 18.5 Å². The van der Waals surface area contributed by atoms with Crippen LogP contribution in [-0.2, 0) is 6.54 Å². The number of benzene rings is 1. The van der Waals surface area contributed by atoms with Gasteiger partial charge in [0.05, 0.1) is 5.56 Å². The molecule has 2 saturated heterocycles. The van der Waals surface area contributed by atoms with Crippen LogP contribution in [0.3, 0.4) is 0 Å². The number of amides is 1. The molecule has 1 aromatic heterocycles. The second-order valence-corrected chi connectivity index (χ2v) is 7.73. The van der Waals surface area contributed by atoms with Gasteiger partial charge in [0.2, 0.25) is 0 Å². The van der Waals surface area contributed by atoms with Crippen molar-refractivity contribution in [2.75, 3.05) is 26.2 Å². The van der Waals surface area contributed by atoms with Gasteiger partial charge >= 0.3 is 0 Å². The van der Waals surface area contributed by atoms with E-state index in [1.165, 1.54) is 31.4 Å². The summed E-state index contributed by atoms with van der Waals surface area (Å²) in [7, 11) is 0. The van der Waals surface area contributed by atoms with Crippen LogP contribution >= 0.6 is 0 Å². The number of rotatable bonds is 3. The molecule has 2 fully saturated rings. The summed E-state index contributed by atoms with van der Waals surface area (Å²) >= 11 is 0. The Kier molecular flexibility index (Phi) is 4.62. The van der Waals surface area contributed by atoms with Crippen molar-refractivity contribution in [3.8, 4) is 0 Å². The summed E-state index contributed by atoms with van der Waals surface area (Å²) in [4.78, 5) is 20.4. The number of hydrogen-bond donors (Lipinski definition) is 1. The smallest absolute Gasteiger partial charge is 0.255 e. The van der Waals surface area contributed by atoms with Crippen LogP contribution < -0.4 is 0 Å². The molecule has 1 aromatic carbocycles. The Morgan fingerprint density at radius 3 is 2.60 bits per heavy atom. The third-order valence-electron chi connectivity index (χ3n) is 5.78. The highest BCUT2D eigenvalue weighted by Crippen LogP contribution is 2.39. The Morgan fingerprint density at radius 2 is 1.84 bits per heavy atom. The van der Waals surface area contributed by atoms with Crippen molar-refractivity contribution in [1.29, 1.82) is 0 Å². The first-order valence-corrected chi connectivity index (χ1v) is 9.43. The number of carbonyl (C=O) groups excluding carboxylic acids is 1. The monoisotopic (exact) mass is 337 g/mol. The predicted molar refractivity (Wildman–Crippen MR) is 99.3 cm³/mol. The fourth-order valence-electron chi connectivity index (χ4n) is 4.64. The van der Waals surface area contributed by atoms with E-state index in [0.717, 1.165) is 38.2 Å². The molecule has 1 unspecified atom stereocenters. The molecule has 1 spiro atoms. The highest BCUT2D eigenvalue weighted by atomic mass is 16.2. The molecule has 0 radical (unpaired) electrons. The van der Waals surface area contributed by atoms with E-state index in [0.29, 0.717) is 0 Å². The Labute approximate surface area is 149 Å². The van der Waals surface area contributed by atoms with Crippen LogP contribution in [0, 0.1) is 5.41 Å². The highest BCUT2D eigenvalue weighted by Gasteiger charge is 2.40. The van der Waals surface area contributed by atoms with Crippen LogP contribution in [0.4, 0.5) is 0 Å². The number of aromatic nitrogens is 1. The largest absolute Gasteiger partial charge is 0.367 e. The fraction of sp³-hybridized carbons (Fsp3) is 0.476. The van der Waals surface area contributed by atoms with Gasteiger partial charge in [-0.3, -0.25) is 9.69 Å². The molecular weight excluding hydrogens is 310 g/mol. The highest BCUT2D eigenvalue weighted by molar-refractivity contribution is 5.94. The zero-order chi connectivity index (χ0) is 17.1. The van der Waals surface area contributed by atoms with E-state index in [4.69, 9.17) is 0 Å². The van der Waals surface area contributed by atoms with E-state index in [2.05, 4.69) is 45.1 Å². The average molecular weight is 337 g/mol. The van der Waals surface area contributed by atoms with Gasteiger partial charge in [0.25, 0.3) is 5.91 Å².